The van der Waals surface area contributed by atoms with Gasteiger partial charge in [-0.15, -0.1) is 0 Å². The van der Waals surface area contributed by atoms with Gasteiger partial charge in [-0.2, -0.15) is 25.5 Å². The first-order valence-electron chi connectivity index (χ1n) is 22.4. The molecule has 0 bridgehead atoms. The molecule has 5 aliphatic heterocycles. The number of nitrogens with zero attached hydrogens (tertiary/aromatic N) is 16. The standard InChI is InChI=1S/C9H16N4.2C9H15N3.C8H13N3O2S.C8H11N3.CH4/c1-7-10-8-9(2,3)12(4)5-6-13(8)11-7;2*1-7-10-8-9(2,3)5-4-6-12(8)11-7;1-6-9-7-8(2,3)14(12,13)5-4-11(7)10-6;1-6-9-7-8(2-3-8)4-5-11(7)10-6;/h5-6H2,1-4H3;2*4-6H2,1-3H3;4-5H2,1-3H3;2-5H2,1H3;1H4. The van der Waals surface area contributed by atoms with Crippen LogP contribution in [-0.4, -0.2) is 106 Å². The van der Waals surface area contributed by atoms with E-state index < -0.39 is 14.6 Å². The Morgan fingerprint density at radius 2 is 0.825 bits per heavy atom. The van der Waals surface area contributed by atoms with Crippen molar-refractivity contribution in [1.82, 2.24) is 78.7 Å². The van der Waals surface area contributed by atoms with Gasteiger partial charge in [0.2, 0.25) is 0 Å². The van der Waals surface area contributed by atoms with Crippen LogP contribution in [0.4, 0.5) is 0 Å². The minimum Gasteiger partial charge on any atom is -0.293 e. The minimum atomic E-state index is -3.08. The highest BCUT2D eigenvalue weighted by Crippen LogP contribution is 2.53. The molecule has 0 N–H and O–H groups in total. The van der Waals surface area contributed by atoms with E-state index in [1.165, 1.54) is 50.8 Å². The van der Waals surface area contributed by atoms with E-state index in [1.807, 2.05) is 32.4 Å². The summed E-state index contributed by atoms with van der Waals surface area (Å²) in [6.07, 6.45) is 8.86. The zero-order chi connectivity index (χ0) is 45.2. The first-order valence-corrected chi connectivity index (χ1v) is 24.0. The lowest BCUT2D eigenvalue weighted by Gasteiger charge is -2.38. The third-order valence-electron chi connectivity index (χ3n) is 13.6. The number of aryl methyl sites for hydroxylation is 9. The van der Waals surface area contributed by atoms with Gasteiger partial charge in [-0.1, -0.05) is 35.1 Å². The molecule has 5 aromatic rings. The van der Waals surface area contributed by atoms with Crippen LogP contribution in [0.25, 0.3) is 0 Å². The summed E-state index contributed by atoms with van der Waals surface area (Å²) >= 11 is 0. The summed E-state index contributed by atoms with van der Waals surface area (Å²) in [7, 11) is -0.952. The Kier molecular flexibility index (Phi) is 13.1. The monoisotopic (exact) mass is 891 g/mol. The molecule has 0 saturated heterocycles. The Morgan fingerprint density at radius 3 is 1.27 bits per heavy atom. The van der Waals surface area contributed by atoms with Crippen LogP contribution in [0.5, 0.6) is 0 Å². The van der Waals surface area contributed by atoms with Crippen molar-refractivity contribution in [2.75, 3.05) is 19.3 Å². The Bertz CT molecular complexity index is 2450. The van der Waals surface area contributed by atoms with Crippen LogP contribution in [0.1, 0.15) is 166 Å². The molecule has 6 aliphatic rings. The molecule has 0 amide bonds. The lowest BCUT2D eigenvalue weighted by atomic mass is 9.85. The molecule has 0 radical (unpaired) electrons. The molecule has 0 atom stereocenters. The average Bonchev–Trinajstić information content (AvgIpc) is 3.76. The van der Waals surface area contributed by atoms with Crippen molar-refractivity contribution in [3.05, 3.63) is 58.2 Å². The zero-order valence-corrected chi connectivity index (χ0v) is 40.6. The first-order chi connectivity index (χ1) is 28.8. The van der Waals surface area contributed by atoms with Gasteiger partial charge in [-0.3, -0.25) is 4.90 Å². The Morgan fingerprint density at radius 1 is 0.444 bits per heavy atom. The van der Waals surface area contributed by atoms with E-state index in [4.69, 9.17) is 0 Å². The number of fused-ring (bicyclic) bond motifs is 6. The van der Waals surface area contributed by atoms with Gasteiger partial charge in [0.25, 0.3) is 0 Å². The van der Waals surface area contributed by atoms with Gasteiger partial charge in [-0.05, 0) is 114 Å². The van der Waals surface area contributed by atoms with Crippen LogP contribution in [-0.2, 0) is 69.1 Å². The number of aromatic nitrogens is 15. The molecule has 11 rings (SSSR count). The molecular formula is C44H74N16O2S. The number of sulfone groups is 1. The molecule has 1 fully saturated rings. The summed E-state index contributed by atoms with van der Waals surface area (Å²) in [4.78, 5) is 24.3. The van der Waals surface area contributed by atoms with Crippen LogP contribution in [0.15, 0.2) is 0 Å². The highest BCUT2D eigenvalue weighted by atomic mass is 32.2. The van der Waals surface area contributed by atoms with Gasteiger partial charge in [-0.25, -0.2) is 56.7 Å². The van der Waals surface area contributed by atoms with E-state index in [0.29, 0.717) is 23.6 Å². The Hall–Kier alpha value is -4.39. The van der Waals surface area contributed by atoms with Gasteiger partial charge in [0.05, 0.1) is 24.4 Å². The van der Waals surface area contributed by atoms with Crippen molar-refractivity contribution in [2.45, 2.75) is 202 Å². The van der Waals surface area contributed by atoms with Gasteiger partial charge < -0.3 is 0 Å². The predicted octanol–water partition coefficient (Wildman–Crippen LogP) is 5.99. The van der Waals surface area contributed by atoms with Crippen LogP contribution in [0.2, 0.25) is 0 Å². The second-order valence-electron chi connectivity index (χ2n) is 20.3. The third-order valence-corrected chi connectivity index (χ3v) is 16.1. The Labute approximate surface area is 375 Å². The molecule has 0 unspecified atom stereocenters. The van der Waals surface area contributed by atoms with Crippen molar-refractivity contribution in [1.29, 1.82) is 0 Å². The largest absolute Gasteiger partial charge is 0.293 e. The lowest BCUT2D eigenvalue weighted by Crippen LogP contribution is -2.46. The van der Waals surface area contributed by atoms with Gasteiger partial charge in [0, 0.05) is 42.4 Å². The first kappa shape index (κ1) is 48.1. The molecule has 10 heterocycles. The maximum absolute atomic E-state index is 11.8. The molecule has 19 heteroatoms. The van der Waals surface area contributed by atoms with E-state index in [9.17, 15) is 8.42 Å². The van der Waals surface area contributed by atoms with Crippen LogP contribution in [0, 0.1) is 34.6 Å². The van der Waals surface area contributed by atoms with Crippen molar-refractivity contribution in [2.24, 2.45) is 0 Å². The minimum absolute atomic E-state index is 0. The summed E-state index contributed by atoms with van der Waals surface area (Å²) in [5, 5.41) is 21.6. The smallest absolute Gasteiger partial charge is 0.164 e. The van der Waals surface area contributed by atoms with Crippen molar-refractivity contribution in [3.63, 3.8) is 0 Å². The van der Waals surface area contributed by atoms with Crippen molar-refractivity contribution < 1.29 is 8.42 Å². The maximum atomic E-state index is 11.8. The van der Waals surface area contributed by atoms with E-state index in [2.05, 4.69) is 118 Å². The summed E-state index contributed by atoms with van der Waals surface area (Å²) in [6, 6.07) is 0. The van der Waals surface area contributed by atoms with Crippen LogP contribution < -0.4 is 0 Å². The molecule has 0 aromatic carbocycles. The zero-order valence-electron chi connectivity index (χ0n) is 39.8. The van der Waals surface area contributed by atoms with Gasteiger partial charge in [0.15, 0.2) is 9.84 Å². The van der Waals surface area contributed by atoms with E-state index >= 15 is 0 Å². The van der Waals surface area contributed by atoms with E-state index in [1.54, 1.807) is 25.5 Å². The average molecular weight is 891 g/mol. The molecule has 18 nitrogen and oxygen atoms in total. The van der Waals surface area contributed by atoms with Gasteiger partial charge >= 0.3 is 0 Å². The highest BCUT2D eigenvalue weighted by Gasteiger charge is 2.51. The third kappa shape index (κ3) is 9.55. The molecule has 1 aliphatic carbocycles. The highest BCUT2D eigenvalue weighted by molar-refractivity contribution is 7.92. The van der Waals surface area contributed by atoms with Crippen LogP contribution >= 0.6 is 0 Å². The number of likely N-dealkylation sites (N-methyl/N-ethyl adjacent to an activating group) is 1. The molecule has 348 valence electrons. The van der Waals surface area contributed by atoms with Crippen molar-refractivity contribution >= 4 is 9.84 Å². The summed E-state index contributed by atoms with van der Waals surface area (Å²) in [6.45, 7) is 31.9. The maximum Gasteiger partial charge on any atom is 0.164 e. The quantitative estimate of drug-likeness (QED) is 0.176. The van der Waals surface area contributed by atoms with E-state index in [-0.39, 0.29) is 29.5 Å². The van der Waals surface area contributed by atoms with Crippen molar-refractivity contribution in [3.8, 4) is 0 Å². The topological polar surface area (TPSA) is 191 Å². The fraction of sp³-hybridized carbons (Fsp3) is 0.773. The molecule has 1 spiro atoms. The second-order valence-corrected chi connectivity index (χ2v) is 23.0. The molecule has 63 heavy (non-hydrogen) atoms. The van der Waals surface area contributed by atoms with Gasteiger partial charge in [0.1, 0.15) is 63.0 Å². The normalized spacial score (nSPS) is 21.6. The Balaban J connectivity index is 0.000000131. The summed E-state index contributed by atoms with van der Waals surface area (Å²) in [5.74, 6) is 9.61. The fourth-order valence-corrected chi connectivity index (χ4v) is 10.6. The SMILES string of the molecule is C.Cc1nc2n(n1)CCC21CC1.Cc1nc2n(n1)CCCC2(C)C.Cc1nc2n(n1)CCCC2(C)C.Cc1nc2n(n1)CCN(C)C2(C)C.Cc1nc2n(n1)CCS(=O)(=O)C2(C)C. The summed E-state index contributed by atoms with van der Waals surface area (Å²) in [5.41, 5.74) is 0.944. The number of hydrogen-bond acceptors (Lipinski definition) is 13. The lowest BCUT2D eigenvalue weighted by molar-refractivity contribution is 0.105. The second kappa shape index (κ2) is 17.2. The molecule has 1 saturated carbocycles. The summed E-state index contributed by atoms with van der Waals surface area (Å²) < 4.78 is 32.6. The molecular weight excluding hydrogens is 817 g/mol. The number of rotatable bonds is 0. The van der Waals surface area contributed by atoms with Crippen LogP contribution in [0.3, 0.4) is 0 Å². The number of hydrogen-bond donors (Lipinski definition) is 0. The van der Waals surface area contributed by atoms with E-state index in [0.717, 1.165) is 73.5 Å². The fourth-order valence-electron chi connectivity index (χ4n) is 9.27. The molecule has 5 aromatic heterocycles. The predicted molar refractivity (Wildman–Crippen MR) is 243 cm³/mol.